The normalized spacial score (nSPS) is 40.7. The number of hydrogen-bond donors (Lipinski definition) is 0. The third kappa shape index (κ3) is 1.66. The summed E-state index contributed by atoms with van der Waals surface area (Å²) in [7, 11) is 0. The standard InChI is InChI=1S/C14H22O/c1-10(2)13-7-6-11(3)14(13)8-4-5-12(15)9-14/h4-5,10-11,13H,6-9H2,1-3H3. The molecule has 0 amide bonds. The highest BCUT2D eigenvalue weighted by Gasteiger charge is 2.49. The molecule has 0 aromatic rings. The molecule has 0 aromatic heterocycles. The largest absolute Gasteiger partial charge is 0.295 e. The lowest BCUT2D eigenvalue weighted by Gasteiger charge is -2.41. The maximum absolute atomic E-state index is 11.7. The molecule has 3 atom stereocenters. The molecule has 0 N–H and O–H groups in total. The van der Waals surface area contributed by atoms with E-state index in [1.807, 2.05) is 0 Å². The second-order valence-corrected chi connectivity index (χ2v) is 5.81. The number of carbonyl (C=O) groups excluding carboxylic acids is 1. The summed E-state index contributed by atoms with van der Waals surface area (Å²) >= 11 is 0. The van der Waals surface area contributed by atoms with Crippen molar-refractivity contribution in [3.63, 3.8) is 0 Å². The van der Waals surface area contributed by atoms with Gasteiger partial charge in [0, 0.05) is 6.42 Å². The SMILES string of the molecule is CC(C)C1CCC(C)C12CC=CC(=O)C2. The van der Waals surface area contributed by atoms with Gasteiger partial charge in [0.15, 0.2) is 5.78 Å². The molecule has 1 spiro atoms. The van der Waals surface area contributed by atoms with Crippen LogP contribution in [0.5, 0.6) is 0 Å². The van der Waals surface area contributed by atoms with Gasteiger partial charge >= 0.3 is 0 Å². The Labute approximate surface area is 92.9 Å². The van der Waals surface area contributed by atoms with Crippen LogP contribution in [0.4, 0.5) is 0 Å². The van der Waals surface area contributed by atoms with Gasteiger partial charge in [-0.3, -0.25) is 4.79 Å². The average molecular weight is 206 g/mol. The van der Waals surface area contributed by atoms with Gasteiger partial charge in [-0.15, -0.1) is 0 Å². The molecular formula is C14H22O. The van der Waals surface area contributed by atoms with E-state index in [4.69, 9.17) is 0 Å². The summed E-state index contributed by atoms with van der Waals surface area (Å²) < 4.78 is 0. The van der Waals surface area contributed by atoms with Crippen molar-refractivity contribution < 1.29 is 4.79 Å². The molecule has 1 heteroatoms. The third-order valence-electron chi connectivity index (χ3n) is 4.74. The summed E-state index contributed by atoms with van der Waals surface area (Å²) in [6, 6.07) is 0. The molecule has 0 aromatic carbocycles. The molecule has 0 saturated heterocycles. The second kappa shape index (κ2) is 3.77. The summed E-state index contributed by atoms with van der Waals surface area (Å²) in [6.07, 6.45) is 8.46. The molecule has 15 heavy (non-hydrogen) atoms. The molecule has 2 rings (SSSR count). The van der Waals surface area contributed by atoms with E-state index in [9.17, 15) is 4.79 Å². The van der Waals surface area contributed by atoms with Crippen LogP contribution in [0, 0.1) is 23.2 Å². The number of allylic oxidation sites excluding steroid dienone is 2. The van der Waals surface area contributed by atoms with Crippen LogP contribution in [-0.2, 0) is 4.79 Å². The zero-order chi connectivity index (χ0) is 11.1. The van der Waals surface area contributed by atoms with Crippen molar-refractivity contribution >= 4 is 5.78 Å². The molecule has 0 radical (unpaired) electrons. The fourth-order valence-corrected chi connectivity index (χ4v) is 3.89. The second-order valence-electron chi connectivity index (χ2n) is 5.81. The highest BCUT2D eigenvalue weighted by molar-refractivity contribution is 5.91. The molecule has 1 saturated carbocycles. The Morgan fingerprint density at radius 2 is 2.13 bits per heavy atom. The molecule has 3 unspecified atom stereocenters. The lowest BCUT2D eigenvalue weighted by molar-refractivity contribution is -0.119. The van der Waals surface area contributed by atoms with Crippen molar-refractivity contribution in [3.05, 3.63) is 12.2 Å². The van der Waals surface area contributed by atoms with Gasteiger partial charge in [0.25, 0.3) is 0 Å². The van der Waals surface area contributed by atoms with Gasteiger partial charge < -0.3 is 0 Å². The Balaban J connectivity index is 2.30. The zero-order valence-corrected chi connectivity index (χ0v) is 10.1. The van der Waals surface area contributed by atoms with E-state index in [-0.39, 0.29) is 0 Å². The predicted molar refractivity (Wildman–Crippen MR) is 62.5 cm³/mol. The fourth-order valence-electron chi connectivity index (χ4n) is 3.89. The van der Waals surface area contributed by atoms with Crippen molar-refractivity contribution in [1.82, 2.24) is 0 Å². The van der Waals surface area contributed by atoms with E-state index in [0.717, 1.165) is 24.7 Å². The maximum Gasteiger partial charge on any atom is 0.155 e. The van der Waals surface area contributed by atoms with Gasteiger partial charge in [-0.25, -0.2) is 0 Å². The molecule has 0 heterocycles. The molecule has 2 aliphatic carbocycles. The van der Waals surface area contributed by atoms with Crippen LogP contribution < -0.4 is 0 Å². The highest BCUT2D eigenvalue weighted by atomic mass is 16.1. The first-order valence-corrected chi connectivity index (χ1v) is 6.25. The van der Waals surface area contributed by atoms with Crippen molar-refractivity contribution in [3.8, 4) is 0 Å². The van der Waals surface area contributed by atoms with Crippen molar-refractivity contribution in [2.45, 2.75) is 46.5 Å². The lowest BCUT2D eigenvalue weighted by Crippen LogP contribution is -2.37. The molecule has 1 fully saturated rings. The Morgan fingerprint density at radius 1 is 1.40 bits per heavy atom. The quantitative estimate of drug-likeness (QED) is 0.640. The lowest BCUT2D eigenvalue weighted by atomic mass is 9.62. The minimum absolute atomic E-state index is 0.306. The summed E-state index contributed by atoms with van der Waals surface area (Å²) in [5.41, 5.74) is 0.306. The van der Waals surface area contributed by atoms with Crippen LogP contribution in [-0.4, -0.2) is 5.78 Å². The Hall–Kier alpha value is -0.590. The van der Waals surface area contributed by atoms with Crippen LogP contribution in [0.25, 0.3) is 0 Å². The van der Waals surface area contributed by atoms with Gasteiger partial charge in [0.1, 0.15) is 0 Å². The predicted octanol–water partition coefficient (Wildman–Crippen LogP) is 3.59. The van der Waals surface area contributed by atoms with Crippen LogP contribution in [0.3, 0.4) is 0 Å². The average Bonchev–Trinajstić information content (AvgIpc) is 2.44. The molecule has 0 bridgehead atoms. The summed E-state index contributed by atoms with van der Waals surface area (Å²) in [6.45, 7) is 6.97. The van der Waals surface area contributed by atoms with Gasteiger partial charge in [-0.1, -0.05) is 26.8 Å². The minimum atomic E-state index is 0.306. The smallest absolute Gasteiger partial charge is 0.155 e. The van der Waals surface area contributed by atoms with Crippen LogP contribution in [0.1, 0.15) is 46.5 Å². The number of ketones is 1. The third-order valence-corrected chi connectivity index (χ3v) is 4.74. The summed E-state index contributed by atoms with van der Waals surface area (Å²) in [4.78, 5) is 11.7. The first-order valence-electron chi connectivity index (χ1n) is 6.25. The molecule has 84 valence electrons. The molecule has 2 aliphatic rings. The van der Waals surface area contributed by atoms with E-state index >= 15 is 0 Å². The van der Waals surface area contributed by atoms with E-state index < -0.39 is 0 Å². The van der Waals surface area contributed by atoms with Crippen LogP contribution in [0.15, 0.2) is 12.2 Å². The van der Waals surface area contributed by atoms with Gasteiger partial charge in [-0.2, -0.15) is 0 Å². The number of hydrogen-bond acceptors (Lipinski definition) is 1. The highest BCUT2D eigenvalue weighted by Crippen LogP contribution is 2.56. The van der Waals surface area contributed by atoms with E-state index in [1.54, 1.807) is 6.08 Å². The van der Waals surface area contributed by atoms with Crippen molar-refractivity contribution in [2.24, 2.45) is 23.2 Å². The molecular weight excluding hydrogens is 184 g/mol. The van der Waals surface area contributed by atoms with E-state index in [2.05, 4.69) is 26.8 Å². The molecule has 0 aliphatic heterocycles. The fraction of sp³-hybridized carbons (Fsp3) is 0.786. The maximum atomic E-state index is 11.7. The molecule has 1 nitrogen and oxygen atoms in total. The summed E-state index contributed by atoms with van der Waals surface area (Å²) in [5, 5.41) is 0. The van der Waals surface area contributed by atoms with Crippen molar-refractivity contribution in [1.29, 1.82) is 0 Å². The monoisotopic (exact) mass is 206 g/mol. The topological polar surface area (TPSA) is 17.1 Å². The first-order chi connectivity index (χ1) is 7.06. The first kappa shape index (κ1) is 10.9. The van der Waals surface area contributed by atoms with Gasteiger partial charge in [0.05, 0.1) is 0 Å². The van der Waals surface area contributed by atoms with Crippen molar-refractivity contribution in [2.75, 3.05) is 0 Å². The van der Waals surface area contributed by atoms with Gasteiger partial charge in [-0.05, 0) is 48.5 Å². The Morgan fingerprint density at radius 3 is 2.73 bits per heavy atom. The Kier molecular flexibility index (Phi) is 2.74. The number of rotatable bonds is 1. The van der Waals surface area contributed by atoms with Crippen LogP contribution >= 0.6 is 0 Å². The van der Waals surface area contributed by atoms with Crippen LogP contribution in [0.2, 0.25) is 0 Å². The van der Waals surface area contributed by atoms with Gasteiger partial charge in [0.2, 0.25) is 0 Å². The summed E-state index contributed by atoms with van der Waals surface area (Å²) in [5.74, 6) is 2.54. The van der Waals surface area contributed by atoms with E-state index in [0.29, 0.717) is 17.1 Å². The Bertz CT molecular complexity index is 290. The zero-order valence-electron chi connectivity index (χ0n) is 10.1. The minimum Gasteiger partial charge on any atom is -0.295 e. The number of carbonyl (C=O) groups is 1. The van der Waals surface area contributed by atoms with E-state index in [1.165, 1.54) is 12.8 Å².